The molecule has 5 heteroatoms. The lowest BCUT2D eigenvalue weighted by molar-refractivity contribution is -0.127. The number of thioether (sulfide) groups is 1. The van der Waals surface area contributed by atoms with Gasteiger partial charge in [-0.05, 0) is 43.3 Å². The zero-order chi connectivity index (χ0) is 16.7. The number of ether oxygens (including phenoxy) is 1. The highest BCUT2D eigenvalue weighted by molar-refractivity contribution is 8.00. The Balaban J connectivity index is 1.70. The van der Waals surface area contributed by atoms with Gasteiger partial charge in [-0.25, -0.2) is 4.39 Å². The Labute approximate surface area is 140 Å². The van der Waals surface area contributed by atoms with E-state index in [9.17, 15) is 9.18 Å². The zero-order valence-corrected chi connectivity index (χ0v) is 14.1. The van der Waals surface area contributed by atoms with Crippen LogP contribution in [0.5, 0.6) is 5.75 Å². The molecule has 3 nitrogen and oxygen atoms in total. The Hall–Kier alpha value is -2.01. The van der Waals surface area contributed by atoms with E-state index in [2.05, 4.69) is 0 Å². The van der Waals surface area contributed by atoms with Crippen LogP contribution in [0.25, 0.3) is 0 Å². The first-order chi connectivity index (χ1) is 11.0. The lowest BCUT2D eigenvalue weighted by Crippen LogP contribution is -2.32. The molecule has 23 heavy (non-hydrogen) atoms. The van der Waals surface area contributed by atoms with E-state index < -0.39 is 0 Å². The molecule has 2 aromatic carbocycles. The summed E-state index contributed by atoms with van der Waals surface area (Å²) in [5.74, 6) is 0.758. The molecule has 0 spiro atoms. The molecule has 0 aliphatic heterocycles. The summed E-state index contributed by atoms with van der Waals surface area (Å²) in [6.45, 7) is 2.90. The van der Waals surface area contributed by atoms with Crippen molar-refractivity contribution >= 4 is 17.7 Å². The predicted molar refractivity (Wildman–Crippen MR) is 91.4 cm³/mol. The number of aryl methyl sites for hydroxylation is 1. The molecule has 0 aromatic heterocycles. The van der Waals surface area contributed by atoms with Gasteiger partial charge in [-0.2, -0.15) is 0 Å². The molecule has 2 rings (SSSR count). The highest BCUT2D eigenvalue weighted by Gasteiger charge is 2.09. The van der Waals surface area contributed by atoms with Gasteiger partial charge in [0.15, 0.2) is 0 Å². The Morgan fingerprint density at radius 2 is 1.78 bits per heavy atom. The summed E-state index contributed by atoms with van der Waals surface area (Å²) in [5, 5.41) is 0. The number of halogens is 1. The quantitative estimate of drug-likeness (QED) is 0.723. The molecular formula is C18H20FNO2S. The lowest BCUT2D eigenvalue weighted by atomic mass is 10.2. The van der Waals surface area contributed by atoms with Crippen molar-refractivity contribution in [3.63, 3.8) is 0 Å². The normalized spacial score (nSPS) is 10.4. The van der Waals surface area contributed by atoms with Crippen LogP contribution in [-0.4, -0.2) is 36.8 Å². The van der Waals surface area contributed by atoms with Crippen LogP contribution in [0.15, 0.2) is 53.4 Å². The van der Waals surface area contributed by atoms with Crippen LogP contribution >= 0.6 is 11.8 Å². The van der Waals surface area contributed by atoms with Crippen molar-refractivity contribution in [2.45, 2.75) is 11.8 Å². The second-order valence-corrected chi connectivity index (χ2v) is 6.27. The van der Waals surface area contributed by atoms with Crippen LogP contribution in [0.3, 0.4) is 0 Å². The summed E-state index contributed by atoms with van der Waals surface area (Å²) >= 11 is 1.52. The first kappa shape index (κ1) is 17.3. The summed E-state index contributed by atoms with van der Waals surface area (Å²) in [5.41, 5.74) is 1.20. The second kappa shape index (κ2) is 8.58. The van der Waals surface area contributed by atoms with Gasteiger partial charge in [-0.1, -0.05) is 17.7 Å². The molecule has 0 bridgehead atoms. The number of amides is 1. The minimum Gasteiger partial charge on any atom is -0.492 e. The molecule has 0 saturated carbocycles. The molecule has 0 radical (unpaired) electrons. The molecule has 0 unspecified atom stereocenters. The van der Waals surface area contributed by atoms with Gasteiger partial charge >= 0.3 is 0 Å². The topological polar surface area (TPSA) is 29.5 Å². The molecular weight excluding hydrogens is 313 g/mol. The smallest absolute Gasteiger partial charge is 0.232 e. The minimum absolute atomic E-state index is 0.0540. The highest BCUT2D eigenvalue weighted by atomic mass is 32.2. The van der Waals surface area contributed by atoms with Crippen LogP contribution < -0.4 is 4.74 Å². The molecule has 0 N–H and O–H groups in total. The summed E-state index contributed by atoms with van der Waals surface area (Å²) < 4.78 is 18.3. The molecule has 0 saturated heterocycles. The van der Waals surface area contributed by atoms with Gasteiger partial charge < -0.3 is 9.64 Å². The van der Waals surface area contributed by atoms with E-state index >= 15 is 0 Å². The van der Waals surface area contributed by atoms with Crippen molar-refractivity contribution in [1.29, 1.82) is 0 Å². The Kier molecular flexibility index (Phi) is 6.47. The average molecular weight is 333 g/mol. The number of carbonyl (C=O) groups is 1. The lowest BCUT2D eigenvalue weighted by Gasteiger charge is -2.17. The van der Waals surface area contributed by atoms with Crippen molar-refractivity contribution in [1.82, 2.24) is 4.90 Å². The summed E-state index contributed by atoms with van der Waals surface area (Å²) in [7, 11) is 1.76. The maximum Gasteiger partial charge on any atom is 0.232 e. The number of carbonyl (C=O) groups excluding carboxylic acids is 1. The van der Waals surface area contributed by atoms with E-state index in [-0.39, 0.29) is 11.7 Å². The monoisotopic (exact) mass is 333 g/mol. The molecule has 0 aliphatic rings. The summed E-state index contributed by atoms with van der Waals surface area (Å²) in [6.07, 6.45) is 0. The highest BCUT2D eigenvalue weighted by Crippen LogP contribution is 2.18. The van der Waals surface area contributed by atoms with Gasteiger partial charge in [0.05, 0.1) is 12.3 Å². The maximum atomic E-state index is 12.8. The van der Waals surface area contributed by atoms with Crippen LogP contribution in [-0.2, 0) is 4.79 Å². The van der Waals surface area contributed by atoms with Crippen LogP contribution in [0.4, 0.5) is 4.39 Å². The van der Waals surface area contributed by atoms with Crippen molar-refractivity contribution in [2.24, 2.45) is 0 Å². The van der Waals surface area contributed by atoms with Crippen molar-refractivity contribution < 1.29 is 13.9 Å². The first-order valence-electron chi connectivity index (χ1n) is 7.36. The van der Waals surface area contributed by atoms with E-state index in [0.29, 0.717) is 24.7 Å². The second-order valence-electron chi connectivity index (χ2n) is 5.22. The molecule has 2 aromatic rings. The molecule has 0 heterocycles. The number of hydrogen-bond acceptors (Lipinski definition) is 3. The van der Waals surface area contributed by atoms with Gasteiger partial charge in [0, 0.05) is 11.9 Å². The fourth-order valence-electron chi connectivity index (χ4n) is 1.85. The molecule has 0 fully saturated rings. The Morgan fingerprint density at radius 1 is 1.13 bits per heavy atom. The summed E-state index contributed by atoms with van der Waals surface area (Å²) in [6, 6.07) is 14.0. The standard InChI is InChI=1S/C18H20FNO2S/c1-14-3-9-17(10-4-14)23-13-18(21)20(2)11-12-22-16-7-5-15(19)6-8-16/h3-10H,11-13H2,1-2H3. The molecule has 122 valence electrons. The number of benzene rings is 2. The number of hydrogen-bond donors (Lipinski definition) is 0. The van der Waals surface area contributed by atoms with Gasteiger partial charge in [-0.15, -0.1) is 11.8 Å². The van der Waals surface area contributed by atoms with Gasteiger partial charge in [0.25, 0.3) is 0 Å². The van der Waals surface area contributed by atoms with Crippen LogP contribution in [0, 0.1) is 12.7 Å². The third-order valence-corrected chi connectivity index (χ3v) is 4.31. The number of nitrogens with zero attached hydrogens (tertiary/aromatic N) is 1. The average Bonchev–Trinajstić information content (AvgIpc) is 2.55. The van der Waals surface area contributed by atoms with E-state index in [1.54, 1.807) is 24.1 Å². The fourth-order valence-corrected chi connectivity index (χ4v) is 2.68. The molecule has 0 aliphatic carbocycles. The number of likely N-dealkylation sites (N-methyl/N-ethyl adjacent to an activating group) is 1. The Morgan fingerprint density at radius 3 is 2.43 bits per heavy atom. The van der Waals surface area contributed by atoms with E-state index in [0.717, 1.165) is 4.90 Å². The van der Waals surface area contributed by atoms with E-state index in [1.165, 1.54) is 29.5 Å². The maximum absolute atomic E-state index is 12.8. The van der Waals surface area contributed by atoms with E-state index in [1.807, 2.05) is 31.2 Å². The SMILES string of the molecule is Cc1ccc(SCC(=O)N(C)CCOc2ccc(F)cc2)cc1. The van der Waals surface area contributed by atoms with Gasteiger partial charge in [0.2, 0.25) is 5.91 Å². The minimum atomic E-state index is -0.294. The summed E-state index contributed by atoms with van der Waals surface area (Å²) in [4.78, 5) is 14.8. The van der Waals surface area contributed by atoms with Crippen LogP contribution in [0.1, 0.15) is 5.56 Å². The molecule has 0 atom stereocenters. The third kappa shape index (κ3) is 5.94. The van der Waals surface area contributed by atoms with Crippen LogP contribution in [0.2, 0.25) is 0 Å². The Bertz CT molecular complexity index is 628. The first-order valence-corrected chi connectivity index (χ1v) is 8.35. The van der Waals surface area contributed by atoms with Crippen molar-refractivity contribution in [3.8, 4) is 5.75 Å². The predicted octanol–water partition coefficient (Wildman–Crippen LogP) is 3.76. The third-order valence-electron chi connectivity index (χ3n) is 3.32. The van der Waals surface area contributed by atoms with Gasteiger partial charge in [-0.3, -0.25) is 4.79 Å². The van der Waals surface area contributed by atoms with Crippen molar-refractivity contribution in [2.75, 3.05) is 26.0 Å². The van der Waals surface area contributed by atoms with Gasteiger partial charge in [0.1, 0.15) is 18.2 Å². The fraction of sp³-hybridized carbons (Fsp3) is 0.278. The molecule has 1 amide bonds. The zero-order valence-electron chi connectivity index (χ0n) is 13.3. The van der Waals surface area contributed by atoms with Crippen molar-refractivity contribution in [3.05, 3.63) is 59.9 Å². The number of rotatable bonds is 7. The largest absolute Gasteiger partial charge is 0.492 e. The van der Waals surface area contributed by atoms with E-state index in [4.69, 9.17) is 4.74 Å².